The van der Waals surface area contributed by atoms with Crippen molar-refractivity contribution in [1.29, 1.82) is 0 Å². The molecule has 0 radical (unpaired) electrons. The van der Waals surface area contributed by atoms with Crippen molar-refractivity contribution in [2.24, 2.45) is 0 Å². The molecule has 1 N–H and O–H groups in total. The number of hydrogen-bond donors (Lipinski definition) is 1. The van der Waals surface area contributed by atoms with Gasteiger partial charge in [-0.05, 0) is 36.8 Å². The molecule has 198 valence electrons. The van der Waals surface area contributed by atoms with Gasteiger partial charge in [0.05, 0.1) is 11.9 Å². The topological polar surface area (TPSA) is 72.3 Å². The number of carbonyl (C=O) groups excluding carboxylic acids is 1. The molecule has 1 unspecified atom stereocenters. The average Bonchev–Trinajstić information content (AvgIpc) is 3.21. The van der Waals surface area contributed by atoms with Crippen molar-refractivity contribution in [3.63, 3.8) is 0 Å². The fraction of sp³-hybridized carbons (Fsp3) is 0.240. The molecule has 1 atom stereocenters. The van der Waals surface area contributed by atoms with E-state index >= 15 is 0 Å². The maximum absolute atomic E-state index is 13.5. The minimum absolute atomic E-state index is 0.0149. The number of halogens is 6. The van der Waals surface area contributed by atoms with Gasteiger partial charge in [0.1, 0.15) is 22.9 Å². The quantitative estimate of drug-likeness (QED) is 0.307. The molecule has 1 fully saturated rings. The first-order chi connectivity index (χ1) is 18.0. The lowest BCUT2D eigenvalue weighted by molar-refractivity contribution is -0.348. The summed E-state index contributed by atoms with van der Waals surface area (Å²) in [4.78, 5) is 23.2. The highest BCUT2D eigenvalue weighted by molar-refractivity contribution is 6.06. The number of alkyl halides is 6. The van der Waals surface area contributed by atoms with E-state index in [9.17, 15) is 31.1 Å². The van der Waals surface area contributed by atoms with E-state index in [1.165, 1.54) is 30.5 Å². The first-order valence-corrected chi connectivity index (χ1v) is 11.4. The Morgan fingerprint density at radius 2 is 1.71 bits per heavy atom. The smallest absolute Gasteiger partial charge is 0.356 e. The van der Waals surface area contributed by atoms with E-state index in [1.54, 1.807) is 18.2 Å². The lowest BCUT2D eigenvalue weighted by atomic mass is 10.2. The molecule has 7 nitrogen and oxygen atoms in total. The Bertz CT molecular complexity index is 1450. The third-order valence-corrected chi connectivity index (χ3v) is 5.96. The van der Waals surface area contributed by atoms with Crippen LogP contribution in [0.2, 0.25) is 0 Å². The number of anilines is 2. The second-order valence-corrected chi connectivity index (χ2v) is 8.53. The minimum Gasteiger partial charge on any atom is -0.356 e. The number of benzene rings is 1. The summed E-state index contributed by atoms with van der Waals surface area (Å²) in [6, 6.07) is 13.2. The Labute approximate surface area is 211 Å². The van der Waals surface area contributed by atoms with Gasteiger partial charge in [-0.1, -0.05) is 30.3 Å². The molecular weight excluding hydrogens is 516 g/mol. The summed E-state index contributed by atoms with van der Waals surface area (Å²) in [5.74, 6) is -0.184. The second-order valence-electron chi connectivity index (χ2n) is 8.53. The summed E-state index contributed by atoms with van der Waals surface area (Å²) in [7, 11) is 0. The van der Waals surface area contributed by atoms with Crippen molar-refractivity contribution in [1.82, 2.24) is 14.5 Å². The van der Waals surface area contributed by atoms with Crippen LogP contribution in [0, 0.1) is 0 Å². The highest BCUT2D eigenvalue weighted by Crippen LogP contribution is 2.36. The number of ether oxygens (including phenoxy) is 1. The molecule has 5 rings (SSSR count). The standard InChI is InChI=1S/C25H19F6N5O2/c26-24(27,28)19-9-7-16-13-18(22(37)33-17-8-10-20(32-14-17)35-11-4-12-35)36(21(16)34-19)23(38-25(29,30)31)15-5-2-1-3-6-15/h1-3,5-10,13-14,23H,4,11-12H2,(H,33,37). The summed E-state index contributed by atoms with van der Waals surface area (Å²) in [5.41, 5.74) is -2.05. The maximum Gasteiger partial charge on any atom is 0.524 e. The zero-order valence-electron chi connectivity index (χ0n) is 19.4. The van der Waals surface area contributed by atoms with Gasteiger partial charge in [-0.25, -0.2) is 9.97 Å². The first-order valence-electron chi connectivity index (χ1n) is 11.4. The minimum atomic E-state index is -5.19. The Hall–Kier alpha value is -4.13. The van der Waals surface area contributed by atoms with E-state index in [2.05, 4.69) is 20.0 Å². The Balaban J connectivity index is 1.61. The van der Waals surface area contributed by atoms with Crippen LogP contribution < -0.4 is 10.2 Å². The number of rotatable bonds is 6. The van der Waals surface area contributed by atoms with Gasteiger partial charge in [0.2, 0.25) is 0 Å². The van der Waals surface area contributed by atoms with E-state index in [0.29, 0.717) is 16.5 Å². The number of fused-ring (bicyclic) bond motifs is 1. The highest BCUT2D eigenvalue weighted by atomic mass is 19.4. The second kappa shape index (κ2) is 9.63. The molecule has 1 saturated heterocycles. The molecule has 0 saturated carbocycles. The summed E-state index contributed by atoms with van der Waals surface area (Å²) < 4.78 is 85.9. The number of amides is 1. The van der Waals surface area contributed by atoms with Gasteiger partial charge in [0.15, 0.2) is 6.23 Å². The third kappa shape index (κ3) is 5.28. The number of pyridine rings is 2. The molecule has 3 aromatic heterocycles. The molecule has 4 aromatic rings. The molecule has 1 aliphatic heterocycles. The van der Waals surface area contributed by atoms with Gasteiger partial charge >= 0.3 is 12.5 Å². The zero-order chi connectivity index (χ0) is 27.1. The van der Waals surface area contributed by atoms with E-state index < -0.39 is 41.7 Å². The number of nitrogens with one attached hydrogen (secondary N) is 1. The van der Waals surface area contributed by atoms with Gasteiger partial charge in [0.25, 0.3) is 5.91 Å². The van der Waals surface area contributed by atoms with Gasteiger partial charge in [-0.2, -0.15) is 13.2 Å². The fourth-order valence-electron chi connectivity index (χ4n) is 4.07. The maximum atomic E-state index is 13.5. The molecule has 1 amide bonds. The van der Waals surface area contributed by atoms with Crippen LogP contribution in [0.1, 0.15) is 34.4 Å². The van der Waals surface area contributed by atoms with E-state index in [0.717, 1.165) is 31.6 Å². The number of hydrogen-bond acceptors (Lipinski definition) is 5. The molecule has 0 spiro atoms. The molecular formula is C25H19F6N5O2. The van der Waals surface area contributed by atoms with Crippen molar-refractivity contribution >= 4 is 28.4 Å². The van der Waals surface area contributed by atoms with Crippen molar-refractivity contribution < 1.29 is 35.9 Å². The predicted molar refractivity (Wildman–Crippen MR) is 125 cm³/mol. The first kappa shape index (κ1) is 25.5. The van der Waals surface area contributed by atoms with Crippen molar-refractivity contribution in [2.45, 2.75) is 25.2 Å². The fourth-order valence-corrected chi connectivity index (χ4v) is 4.07. The lowest BCUT2D eigenvalue weighted by Crippen LogP contribution is -2.37. The van der Waals surface area contributed by atoms with E-state index in [4.69, 9.17) is 0 Å². The summed E-state index contributed by atoms with van der Waals surface area (Å²) in [6.45, 7) is 1.71. The number of aromatic nitrogens is 3. The molecule has 0 aliphatic carbocycles. The van der Waals surface area contributed by atoms with E-state index in [1.807, 2.05) is 4.90 Å². The van der Waals surface area contributed by atoms with Crippen LogP contribution in [0.15, 0.2) is 66.9 Å². The van der Waals surface area contributed by atoms with Crippen LogP contribution in [0.5, 0.6) is 0 Å². The van der Waals surface area contributed by atoms with Crippen molar-refractivity contribution in [3.8, 4) is 0 Å². The van der Waals surface area contributed by atoms with Crippen LogP contribution in [-0.4, -0.2) is 39.9 Å². The SMILES string of the molecule is O=C(Nc1ccc(N2CCC2)nc1)c1cc2ccc(C(F)(F)F)nc2n1C(OC(F)(F)F)c1ccccc1. The third-order valence-electron chi connectivity index (χ3n) is 5.96. The monoisotopic (exact) mass is 535 g/mol. The zero-order valence-corrected chi connectivity index (χ0v) is 19.4. The number of nitrogens with zero attached hydrogens (tertiary/aromatic N) is 4. The largest absolute Gasteiger partial charge is 0.524 e. The predicted octanol–water partition coefficient (Wildman–Crippen LogP) is 6.00. The van der Waals surface area contributed by atoms with Crippen molar-refractivity contribution in [2.75, 3.05) is 23.3 Å². The van der Waals surface area contributed by atoms with Crippen LogP contribution in [0.25, 0.3) is 11.0 Å². The molecule has 38 heavy (non-hydrogen) atoms. The Kier molecular flexibility index (Phi) is 6.47. The van der Waals surface area contributed by atoms with Crippen LogP contribution in [0.3, 0.4) is 0 Å². The summed E-state index contributed by atoms with van der Waals surface area (Å²) in [5, 5.41) is 2.56. The van der Waals surface area contributed by atoms with Gasteiger partial charge in [-0.15, -0.1) is 13.2 Å². The Morgan fingerprint density at radius 1 is 0.974 bits per heavy atom. The molecule has 0 bridgehead atoms. The molecule has 13 heteroatoms. The lowest BCUT2D eigenvalue weighted by Gasteiger charge is -2.31. The highest BCUT2D eigenvalue weighted by Gasteiger charge is 2.38. The summed E-state index contributed by atoms with van der Waals surface area (Å²) >= 11 is 0. The van der Waals surface area contributed by atoms with E-state index in [-0.39, 0.29) is 16.6 Å². The average molecular weight is 535 g/mol. The molecule has 4 heterocycles. The Morgan fingerprint density at radius 3 is 2.29 bits per heavy atom. The van der Waals surface area contributed by atoms with Gasteiger partial charge in [-0.3, -0.25) is 14.1 Å². The van der Waals surface area contributed by atoms with Crippen molar-refractivity contribution in [3.05, 3.63) is 83.8 Å². The number of carbonyl (C=O) groups is 1. The van der Waals surface area contributed by atoms with Crippen LogP contribution >= 0.6 is 0 Å². The summed E-state index contributed by atoms with van der Waals surface area (Å²) in [6.07, 6.45) is -9.68. The van der Waals surface area contributed by atoms with Gasteiger partial charge in [0, 0.05) is 24.0 Å². The van der Waals surface area contributed by atoms with Gasteiger partial charge < -0.3 is 10.2 Å². The molecule has 1 aliphatic rings. The van der Waals surface area contributed by atoms with Crippen LogP contribution in [-0.2, 0) is 10.9 Å². The van der Waals surface area contributed by atoms with Crippen LogP contribution in [0.4, 0.5) is 37.8 Å². The normalized spacial score (nSPS) is 14.8. The molecule has 1 aromatic carbocycles.